The molecule has 0 aromatic carbocycles. The van der Waals surface area contributed by atoms with Crippen LogP contribution in [-0.4, -0.2) is 28.3 Å². The van der Waals surface area contributed by atoms with Gasteiger partial charge >= 0.3 is 12.1 Å². The molecule has 1 atom stereocenters. The molecule has 5 heteroatoms. The summed E-state index contributed by atoms with van der Waals surface area (Å²) in [5, 5.41) is 11.9. The summed E-state index contributed by atoms with van der Waals surface area (Å²) in [4.78, 5) is 23.2. The molecule has 0 aliphatic heterocycles. The van der Waals surface area contributed by atoms with Gasteiger partial charge in [-0.05, 0) is 40.0 Å². The lowest BCUT2D eigenvalue weighted by atomic mass is 9.93. The maximum atomic E-state index is 11.7. The molecule has 0 aromatic heterocycles. The Morgan fingerprint density at radius 1 is 1.28 bits per heavy atom. The fraction of sp³-hybridized carbons (Fsp3) is 0.846. The van der Waals surface area contributed by atoms with Gasteiger partial charge in [0.05, 0.1) is 0 Å². The number of carbonyl (C=O) groups is 2. The van der Waals surface area contributed by atoms with Gasteiger partial charge in [-0.15, -0.1) is 0 Å². The molecule has 1 amide bonds. The molecule has 18 heavy (non-hydrogen) atoms. The second kappa shape index (κ2) is 4.44. The summed E-state index contributed by atoms with van der Waals surface area (Å²) in [6.45, 7) is 9.15. The fourth-order valence-electron chi connectivity index (χ4n) is 2.58. The van der Waals surface area contributed by atoms with Gasteiger partial charge in [0, 0.05) is 5.41 Å². The molecule has 5 nitrogen and oxygen atoms in total. The first kappa shape index (κ1) is 14.8. The van der Waals surface area contributed by atoms with E-state index in [4.69, 9.17) is 4.74 Å². The standard InChI is InChI=1S/C13H23NO4/c1-6-12(7-2)8-13(12,9(15)16)14-10(17)18-11(3,4)5/h6-8H2,1-5H3,(H,14,17)(H,15,16)/t13-/m1/s1. The molecule has 1 aliphatic carbocycles. The van der Waals surface area contributed by atoms with Gasteiger partial charge in [0.15, 0.2) is 0 Å². The molecule has 1 fully saturated rings. The van der Waals surface area contributed by atoms with Crippen LogP contribution in [0.2, 0.25) is 0 Å². The molecule has 1 aliphatic rings. The van der Waals surface area contributed by atoms with E-state index in [0.717, 1.165) is 12.8 Å². The highest BCUT2D eigenvalue weighted by Crippen LogP contribution is 2.61. The van der Waals surface area contributed by atoms with Crippen LogP contribution in [0.15, 0.2) is 0 Å². The molecule has 0 heterocycles. The third-order valence-electron chi connectivity index (χ3n) is 3.82. The minimum absolute atomic E-state index is 0.338. The van der Waals surface area contributed by atoms with Gasteiger partial charge in [-0.2, -0.15) is 0 Å². The van der Waals surface area contributed by atoms with E-state index in [9.17, 15) is 14.7 Å². The molecular weight excluding hydrogens is 234 g/mol. The minimum Gasteiger partial charge on any atom is -0.479 e. The second-order valence-corrected chi connectivity index (χ2v) is 6.00. The normalized spacial score (nSPS) is 25.4. The molecule has 0 radical (unpaired) electrons. The van der Waals surface area contributed by atoms with Gasteiger partial charge in [-0.3, -0.25) is 0 Å². The van der Waals surface area contributed by atoms with E-state index in [2.05, 4.69) is 5.32 Å². The van der Waals surface area contributed by atoms with Crippen LogP contribution in [0.4, 0.5) is 4.79 Å². The van der Waals surface area contributed by atoms with Crippen LogP contribution in [0.25, 0.3) is 0 Å². The van der Waals surface area contributed by atoms with E-state index in [-0.39, 0.29) is 5.41 Å². The topological polar surface area (TPSA) is 75.6 Å². The summed E-state index contributed by atoms with van der Waals surface area (Å²) in [6.07, 6.45) is 1.27. The number of hydrogen-bond donors (Lipinski definition) is 2. The average molecular weight is 257 g/mol. The number of alkyl carbamates (subject to hydrolysis) is 1. The highest BCUT2D eigenvalue weighted by atomic mass is 16.6. The number of rotatable bonds is 4. The lowest BCUT2D eigenvalue weighted by Crippen LogP contribution is -2.49. The molecule has 2 N–H and O–H groups in total. The quantitative estimate of drug-likeness (QED) is 0.811. The van der Waals surface area contributed by atoms with Crippen molar-refractivity contribution in [2.24, 2.45) is 5.41 Å². The number of carboxylic acids is 1. The summed E-state index contributed by atoms with van der Waals surface area (Å²) < 4.78 is 5.13. The zero-order chi connectivity index (χ0) is 14.2. The molecule has 0 unspecified atom stereocenters. The Hall–Kier alpha value is -1.26. The smallest absolute Gasteiger partial charge is 0.408 e. The molecule has 1 rings (SSSR count). The Kier molecular flexibility index (Phi) is 3.65. The van der Waals surface area contributed by atoms with Gasteiger partial charge in [-0.25, -0.2) is 9.59 Å². The molecule has 104 valence electrons. The molecule has 0 spiro atoms. The van der Waals surface area contributed by atoms with Gasteiger partial charge in [0.25, 0.3) is 0 Å². The molecule has 0 saturated heterocycles. The highest BCUT2D eigenvalue weighted by molar-refractivity contribution is 5.89. The van der Waals surface area contributed by atoms with Crippen molar-refractivity contribution < 1.29 is 19.4 Å². The Labute approximate surface area is 108 Å². The second-order valence-electron chi connectivity index (χ2n) is 6.00. The number of carboxylic acid groups (broad SMARTS) is 1. The van der Waals surface area contributed by atoms with Crippen LogP contribution in [0.1, 0.15) is 53.9 Å². The number of carbonyl (C=O) groups excluding carboxylic acids is 1. The number of hydrogen-bond acceptors (Lipinski definition) is 3. The predicted octanol–water partition coefficient (Wildman–Crippen LogP) is 2.54. The maximum absolute atomic E-state index is 11.7. The van der Waals surface area contributed by atoms with Gasteiger partial charge in [0.1, 0.15) is 11.1 Å². The van der Waals surface area contributed by atoms with Crippen molar-refractivity contribution in [3.8, 4) is 0 Å². The number of ether oxygens (including phenoxy) is 1. The summed E-state index contributed by atoms with van der Waals surface area (Å²) in [5.74, 6) is -0.975. The molecule has 0 aromatic rings. The van der Waals surface area contributed by atoms with Crippen molar-refractivity contribution in [1.29, 1.82) is 0 Å². The monoisotopic (exact) mass is 257 g/mol. The van der Waals surface area contributed by atoms with Crippen LogP contribution < -0.4 is 5.32 Å². The largest absolute Gasteiger partial charge is 0.479 e. The molecule has 0 bridgehead atoms. The van der Waals surface area contributed by atoms with Gasteiger partial charge in [0.2, 0.25) is 0 Å². The summed E-state index contributed by atoms with van der Waals surface area (Å²) >= 11 is 0. The first-order chi connectivity index (χ1) is 8.12. The third kappa shape index (κ3) is 2.44. The van der Waals surface area contributed by atoms with Crippen LogP contribution in [-0.2, 0) is 9.53 Å². The van der Waals surface area contributed by atoms with Crippen molar-refractivity contribution in [2.75, 3.05) is 0 Å². The van der Waals surface area contributed by atoms with Crippen LogP contribution in [0, 0.1) is 5.41 Å². The van der Waals surface area contributed by atoms with Crippen molar-refractivity contribution in [3.63, 3.8) is 0 Å². The summed E-state index contributed by atoms with van der Waals surface area (Å²) in [5.41, 5.74) is -2.12. The van der Waals surface area contributed by atoms with E-state index in [1.807, 2.05) is 13.8 Å². The van der Waals surface area contributed by atoms with E-state index in [1.165, 1.54) is 0 Å². The minimum atomic E-state index is -1.15. The van der Waals surface area contributed by atoms with Crippen molar-refractivity contribution in [1.82, 2.24) is 5.32 Å². The number of aliphatic carboxylic acids is 1. The average Bonchev–Trinajstić information content (AvgIpc) is 2.85. The zero-order valence-corrected chi connectivity index (χ0v) is 11.8. The van der Waals surface area contributed by atoms with Crippen LogP contribution in [0.3, 0.4) is 0 Å². The van der Waals surface area contributed by atoms with E-state index in [0.29, 0.717) is 6.42 Å². The maximum Gasteiger partial charge on any atom is 0.408 e. The van der Waals surface area contributed by atoms with E-state index >= 15 is 0 Å². The lowest BCUT2D eigenvalue weighted by molar-refractivity contribution is -0.142. The van der Waals surface area contributed by atoms with E-state index in [1.54, 1.807) is 20.8 Å². The summed E-state index contributed by atoms with van der Waals surface area (Å²) in [7, 11) is 0. The SMILES string of the molecule is CCC1(CC)C[C@@]1(NC(=O)OC(C)(C)C)C(=O)O. The summed E-state index contributed by atoms with van der Waals surface area (Å²) in [6, 6.07) is 0. The Morgan fingerprint density at radius 3 is 2.06 bits per heavy atom. The Balaban J connectivity index is 2.80. The van der Waals surface area contributed by atoms with Gasteiger partial charge in [-0.1, -0.05) is 13.8 Å². The molecular formula is C13H23NO4. The first-order valence-corrected chi connectivity index (χ1v) is 6.37. The lowest BCUT2D eigenvalue weighted by Gasteiger charge is -2.25. The van der Waals surface area contributed by atoms with E-state index < -0.39 is 23.2 Å². The molecule has 1 saturated carbocycles. The Morgan fingerprint density at radius 2 is 1.78 bits per heavy atom. The van der Waals surface area contributed by atoms with Crippen molar-refractivity contribution in [3.05, 3.63) is 0 Å². The van der Waals surface area contributed by atoms with Crippen LogP contribution in [0.5, 0.6) is 0 Å². The Bertz CT molecular complexity index is 354. The number of nitrogens with one attached hydrogen (secondary N) is 1. The van der Waals surface area contributed by atoms with Crippen molar-refractivity contribution in [2.45, 2.75) is 65.0 Å². The van der Waals surface area contributed by atoms with Crippen molar-refractivity contribution >= 4 is 12.1 Å². The first-order valence-electron chi connectivity index (χ1n) is 6.37. The highest BCUT2D eigenvalue weighted by Gasteiger charge is 2.71. The zero-order valence-electron chi connectivity index (χ0n) is 11.8. The van der Waals surface area contributed by atoms with Gasteiger partial charge < -0.3 is 15.2 Å². The fourth-order valence-corrected chi connectivity index (χ4v) is 2.58. The number of amides is 1. The van der Waals surface area contributed by atoms with Crippen LogP contribution >= 0.6 is 0 Å². The predicted molar refractivity (Wildman–Crippen MR) is 67.4 cm³/mol. The third-order valence-corrected chi connectivity index (χ3v) is 3.82.